The first-order chi connectivity index (χ1) is 14.5. The van der Waals surface area contributed by atoms with Crippen LogP contribution < -0.4 is 15.5 Å². The zero-order valence-electron chi connectivity index (χ0n) is 18.6. The monoisotopic (exact) mass is 403 g/mol. The van der Waals surface area contributed by atoms with E-state index < -0.39 is 0 Å². The summed E-state index contributed by atoms with van der Waals surface area (Å²) in [6.07, 6.45) is 4.63. The van der Waals surface area contributed by atoms with E-state index in [1.165, 1.54) is 29.5 Å². The molecule has 30 heavy (non-hydrogen) atoms. The third-order valence-electron chi connectivity index (χ3n) is 5.94. The average Bonchev–Trinajstić information content (AvgIpc) is 2.72. The highest BCUT2D eigenvalue weighted by molar-refractivity contribution is 5.90. The Morgan fingerprint density at radius 1 is 0.900 bits per heavy atom. The summed E-state index contributed by atoms with van der Waals surface area (Å²) >= 11 is 0. The van der Waals surface area contributed by atoms with Crippen LogP contribution in [0.1, 0.15) is 42.4 Å². The van der Waals surface area contributed by atoms with Crippen molar-refractivity contribution in [3.05, 3.63) is 59.2 Å². The van der Waals surface area contributed by atoms with Gasteiger partial charge in [0.15, 0.2) is 0 Å². The molecule has 2 aromatic carbocycles. The summed E-state index contributed by atoms with van der Waals surface area (Å²) in [5.74, 6) is 1.70. The Hall–Kier alpha value is -2.66. The molecule has 0 saturated heterocycles. The summed E-state index contributed by atoms with van der Waals surface area (Å²) in [5, 5.41) is 8.45. The third-order valence-corrected chi connectivity index (χ3v) is 5.94. The molecule has 1 heterocycles. The predicted molar refractivity (Wildman–Crippen MR) is 126 cm³/mol. The van der Waals surface area contributed by atoms with Gasteiger partial charge in [-0.05, 0) is 57.2 Å². The Balaban J connectivity index is 1.34. The summed E-state index contributed by atoms with van der Waals surface area (Å²) in [6, 6.07) is 16.0. The number of hydrogen-bond acceptors (Lipinski definition) is 5. The second-order valence-corrected chi connectivity index (χ2v) is 8.85. The van der Waals surface area contributed by atoms with Crippen LogP contribution in [0.5, 0.6) is 0 Å². The maximum absolute atomic E-state index is 4.79. The molecular weight excluding hydrogens is 370 g/mol. The molecule has 0 atom stereocenters. The molecule has 0 spiro atoms. The van der Waals surface area contributed by atoms with E-state index in [-0.39, 0.29) is 0 Å². The van der Waals surface area contributed by atoms with Crippen LogP contribution in [0.4, 0.5) is 11.8 Å². The minimum atomic E-state index is 0.431. The molecule has 158 valence electrons. The number of benzene rings is 2. The molecule has 4 rings (SSSR count). The van der Waals surface area contributed by atoms with Crippen LogP contribution in [0.2, 0.25) is 0 Å². The molecule has 5 nitrogen and oxygen atoms in total. The summed E-state index contributed by atoms with van der Waals surface area (Å²) in [5.41, 5.74) is 5.05. The Kier molecular flexibility index (Phi) is 6.18. The van der Waals surface area contributed by atoms with E-state index in [0.717, 1.165) is 42.1 Å². The van der Waals surface area contributed by atoms with Crippen molar-refractivity contribution in [3.8, 4) is 0 Å². The Morgan fingerprint density at radius 3 is 2.27 bits per heavy atom. The zero-order chi connectivity index (χ0) is 21.1. The first-order valence-electron chi connectivity index (χ1n) is 11.0. The van der Waals surface area contributed by atoms with Gasteiger partial charge in [0.1, 0.15) is 5.82 Å². The molecule has 1 aliphatic rings. The van der Waals surface area contributed by atoms with Crippen LogP contribution in [-0.2, 0) is 6.54 Å². The zero-order valence-corrected chi connectivity index (χ0v) is 18.6. The van der Waals surface area contributed by atoms with Crippen molar-refractivity contribution < 1.29 is 0 Å². The minimum Gasteiger partial charge on any atom is -0.362 e. The largest absolute Gasteiger partial charge is 0.362 e. The van der Waals surface area contributed by atoms with E-state index in [1.54, 1.807) is 0 Å². The average molecular weight is 404 g/mol. The lowest BCUT2D eigenvalue weighted by Crippen LogP contribution is -2.37. The number of aromatic nitrogens is 2. The quantitative estimate of drug-likeness (QED) is 0.618. The van der Waals surface area contributed by atoms with Gasteiger partial charge in [0.25, 0.3) is 0 Å². The molecule has 1 saturated carbocycles. The number of nitrogens with one attached hydrogen (secondary N) is 2. The van der Waals surface area contributed by atoms with Crippen LogP contribution in [-0.4, -0.2) is 36.1 Å². The maximum Gasteiger partial charge on any atom is 0.225 e. The lowest BCUT2D eigenvalue weighted by atomic mass is 9.91. The second-order valence-electron chi connectivity index (χ2n) is 8.85. The maximum atomic E-state index is 4.79. The highest BCUT2D eigenvalue weighted by Gasteiger charge is 2.22. The molecule has 0 unspecified atom stereocenters. The predicted octanol–water partition coefficient (Wildman–Crippen LogP) is 4.83. The fourth-order valence-electron chi connectivity index (χ4n) is 4.52. The molecule has 0 amide bonds. The van der Waals surface area contributed by atoms with Gasteiger partial charge in [-0.3, -0.25) is 0 Å². The van der Waals surface area contributed by atoms with Crippen LogP contribution in [0.3, 0.4) is 0 Å². The fourth-order valence-corrected chi connectivity index (χ4v) is 4.52. The van der Waals surface area contributed by atoms with Gasteiger partial charge in [-0.1, -0.05) is 41.5 Å². The molecule has 0 radical (unpaired) electrons. The van der Waals surface area contributed by atoms with E-state index >= 15 is 0 Å². The molecule has 5 heteroatoms. The van der Waals surface area contributed by atoms with Crippen molar-refractivity contribution in [2.75, 3.05) is 24.3 Å². The van der Waals surface area contributed by atoms with Gasteiger partial charge in [-0.25, -0.2) is 4.98 Å². The van der Waals surface area contributed by atoms with E-state index in [1.807, 2.05) is 26.2 Å². The van der Waals surface area contributed by atoms with Gasteiger partial charge in [0, 0.05) is 38.1 Å². The summed E-state index contributed by atoms with van der Waals surface area (Å²) in [6.45, 7) is 5.29. The van der Waals surface area contributed by atoms with Crippen LogP contribution in [0, 0.1) is 13.8 Å². The van der Waals surface area contributed by atoms with Gasteiger partial charge < -0.3 is 15.5 Å². The normalized spacial score (nSPS) is 19.1. The SMILES string of the molecule is Cc1cc(C)cc(CNC2CCC(Nc3nc(N(C)C)c4ccccc4n3)CC2)c1. The number of rotatable bonds is 6. The van der Waals surface area contributed by atoms with E-state index in [9.17, 15) is 0 Å². The van der Waals surface area contributed by atoms with Gasteiger partial charge >= 0.3 is 0 Å². The molecule has 1 aromatic heterocycles. The number of fused-ring (bicyclic) bond motifs is 1. The van der Waals surface area contributed by atoms with Gasteiger partial charge in [-0.2, -0.15) is 4.98 Å². The number of anilines is 2. The number of hydrogen-bond donors (Lipinski definition) is 2. The molecule has 1 aliphatic carbocycles. The van der Waals surface area contributed by atoms with Crippen molar-refractivity contribution in [2.24, 2.45) is 0 Å². The van der Waals surface area contributed by atoms with Crippen molar-refractivity contribution >= 4 is 22.7 Å². The Morgan fingerprint density at radius 2 is 1.57 bits per heavy atom. The van der Waals surface area contributed by atoms with E-state index in [2.05, 4.69) is 59.7 Å². The summed E-state index contributed by atoms with van der Waals surface area (Å²) in [7, 11) is 4.07. The third kappa shape index (κ3) is 4.90. The fraction of sp³-hybridized carbons (Fsp3) is 0.440. The molecule has 2 N–H and O–H groups in total. The van der Waals surface area contributed by atoms with Crippen molar-refractivity contribution in [1.82, 2.24) is 15.3 Å². The van der Waals surface area contributed by atoms with Gasteiger partial charge in [-0.15, -0.1) is 0 Å². The molecule has 0 bridgehead atoms. The molecule has 3 aromatic rings. The highest BCUT2D eigenvalue weighted by atomic mass is 15.2. The van der Waals surface area contributed by atoms with Crippen molar-refractivity contribution in [2.45, 2.75) is 58.2 Å². The number of aryl methyl sites for hydroxylation is 2. The van der Waals surface area contributed by atoms with Crippen molar-refractivity contribution in [3.63, 3.8) is 0 Å². The smallest absolute Gasteiger partial charge is 0.225 e. The Bertz CT molecular complexity index is 985. The van der Waals surface area contributed by atoms with Gasteiger partial charge in [0.05, 0.1) is 5.52 Å². The lowest BCUT2D eigenvalue weighted by molar-refractivity contribution is 0.352. The number of para-hydroxylation sites is 1. The highest BCUT2D eigenvalue weighted by Crippen LogP contribution is 2.26. The van der Waals surface area contributed by atoms with Crippen LogP contribution >= 0.6 is 0 Å². The van der Waals surface area contributed by atoms with E-state index in [4.69, 9.17) is 9.97 Å². The van der Waals surface area contributed by atoms with Crippen LogP contribution in [0.25, 0.3) is 10.9 Å². The summed E-state index contributed by atoms with van der Waals surface area (Å²) in [4.78, 5) is 11.6. The first-order valence-corrected chi connectivity index (χ1v) is 11.0. The Labute approximate surface area is 179 Å². The van der Waals surface area contributed by atoms with Crippen molar-refractivity contribution in [1.29, 1.82) is 0 Å². The topological polar surface area (TPSA) is 53.1 Å². The summed E-state index contributed by atoms with van der Waals surface area (Å²) < 4.78 is 0. The molecular formula is C25H33N5. The molecule has 0 aliphatic heterocycles. The van der Waals surface area contributed by atoms with E-state index in [0.29, 0.717) is 12.1 Å². The van der Waals surface area contributed by atoms with Crippen LogP contribution in [0.15, 0.2) is 42.5 Å². The number of nitrogens with zero attached hydrogens (tertiary/aromatic N) is 3. The first kappa shape index (κ1) is 20.6. The van der Waals surface area contributed by atoms with Gasteiger partial charge in [0.2, 0.25) is 5.95 Å². The molecule has 1 fully saturated rings. The lowest BCUT2D eigenvalue weighted by Gasteiger charge is -2.30. The second kappa shape index (κ2) is 9.00. The standard InChI is InChI=1S/C25H33N5/c1-17-13-18(2)15-19(14-17)16-26-20-9-11-21(12-10-20)27-25-28-23-8-6-5-7-22(23)24(29-25)30(3)4/h5-8,13-15,20-21,26H,9-12,16H2,1-4H3,(H,27,28,29). The minimum absolute atomic E-state index is 0.431.